The van der Waals surface area contributed by atoms with Crippen LogP contribution >= 0.6 is 11.3 Å². The number of nitrogens with zero attached hydrogens (tertiary/aromatic N) is 3. The molecule has 2 aromatic rings. The molecule has 0 aliphatic rings. The molecule has 0 spiro atoms. The van der Waals surface area contributed by atoms with Gasteiger partial charge < -0.3 is 10.2 Å². The molecule has 0 radical (unpaired) electrons. The summed E-state index contributed by atoms with van der Waals surface area (Å²) in [6.45, 7) is 4.51. The number of aryl methyl sites for hydroxylation is 1. The molecule has 1 heterocycles. The molecule has 1 N–H and O–H groups in total. The molecular formula is C17H20N4OS. The predicted molar refractivity (Wildman–Crippen MR) is 91.1 cm³/mol. The van der Waals surface area contributed by atoms with Crippen LogP contribution in [-0.4, -0.2) is 23.0 Å². The first-order valence-corrected chi connectivity index (χ1v) is 8.30. The Bertz CT molecular complexity index is 702. The molecule has 0 aliphatic carbocycles. The molecule has 120 valence electrons. The summed E-state index contributed by atoms with van der Waals surface area (Å²) in [5, 5.41) is 12.7. The van der Waals surface area contributed by atoms with E-state index >= 15 is 0 Å². The van der Waals surface area contributed by atoms with E-state index in [0.29, 0.717) is 12.1 Å². The molecule has 0 saturated heterocycles. The Hall–Kier alpha value is -2.39. The van der Waals surface area contributed by atoms with Crippen LogP contribution in [-0.2, 0) is 13.0 Å². The van der Waals surface area contributed by atoms with Crippen molar-refractivity contribution in [1.82, 2.24) is 15.2 Å². The highest BCUT2D eigenvalue weighted by molar-refractivity contribution is 7.11. The van der Waals surface area contributed by atoms with Gasteiger partial charge in [-0.3, -0.25) is 0 Å². The SMILES string of the molecule is CCc1cnc(CN(C)C(=O)NC(C)c2ccc(C#N)cc2)s1. The summed E-state index contributed by atoms with van der Waals surface area (Å²) in [4.78, 5) is 19.4. The fourth-order valence-corrected chi connectivity index (χ4v) is 3.00. The van der Waals surface area contributed by atoms with Crippen molar-refractivity contribution >= 4 is 17.4 Å². The molecule has 0 bridgehead atoms. The number of aromatic nitrogens is 1. The number of benzene rings is 1. The van der Waals surface area contributed by atoms with Crippen LogP contribution in [0.25, 0.3) is 0 Å². The summed E-state index contributed by atoms with van der Waals surface area (Å²) in [6.07, 6.45) is 2.83. The van der Waals surface area contributed by atoms with Gasteiger partial charge in [0.25, 0.3) is 0 Å². The van der Waals surface area contributed by atoms with Crippen molar-refractivity contribution < 1.29 is 4.79 Å². The maximum Gasteiger partial charge on any atom is 0.317 e. The second-order valence-electron chi connectivity index (χ2n) is 5.33. The number of hydrogen-bond acceptors (Lipinski definition) is 4. The number of urea groups is 1. The first-order valence-electron chi connectivity index (χ1n) is 7.48. The summed E-state index contributed by atoms with van der Waals surface area (Å²) < 4.78 is 0. The molecule has 0 aliphatic heterocycles. The number of hydrogen-bond donors (Lipinski definition) is 1. The second kappa shape index (κ2) is 7.75. The van der Waals surface area contributed by atoms with Gasteiger partial charge in [-0.15, -0.1) is 11.3 Å². The van der Waals surface area contributed by atoms with E-state index in [0.717, 1.165) is 17.0 Å². The minimum absolute atomic E-state index is 0.125. The highest BCUT2D eigenvalue weighted by Crippen LogP contribution is 2.16. The van der Waals surface area contributed by atoms with E-state index in [1.807, 2.05) is 25.3 Å². The number of carbonyl (C=O) groups is 1. The first-order chi connectivity index (χ1) is 11.0. The molecule has 2 rings (SSSR count). The van der Waals surface area contributed by atoms with Crippen molar-refractivity contribution in [3.8, 4) is 6.07 Å². The van der Waals surface area contributed by atoms with Crippen molar-refractivity contribution in [2.24, 2.45) is 0 Å². The second-order valence-corrected chi connectivity index (χ2v) is 6.53. The molecule has 5 nitrogen and oxygen atoms in total. The monoisotopic (exact) mass is 328 g/mol. The van der Waals surface area contributed by atoms with Crippen LogP contribution in [0.4, 0.5) is 4.79 Å². The van der Waals surface area contributed by atoms with Gasteiger partial charge in [-0.1, -0.05) is 19.1 Å². The van der Waals surface area contributed by atoms with Gasteiger partial charge >= 0.3 is 6.03 Å². The Labute approximate surface area is 140 Å². The normalized spacial score (nSPS) is 11.6. The maximum absolute atomic E-state index is 12.3. The smallest absolute Gasteiger partial charge is 0.317 e. The average molecular weight is 328 g/mol. The van der Waals surface area contributed by atoms with Crippen LogP contribution in [0.5, 0.6) is 0 Å². The number of thiazole rings is 1. The summed E-state index contributed by atoms with van der Waals surface area (Å²) in [5.74, 6) is 0. The lowest BCUT2D eigenvalue weighted by Gasteiger charge is -2.21. The number of nitriles is 1. The van der Waals surface area contributed by atoms with Crippen LogP contribution in [0.15, 0.2) is 30.5 Å². The van der Waals surface area contributed by atoms with Gasteiger partial charge in [0.15, 0.2) is 0 Å². The summed E-state index contributed by atoms with van der Waals surface area (Å²) in [6, 6.07) is 9.04. The lowest BCUT2D eigenvalue weighted by Crippen LogP contribution is -2.38. The van der Waals surface area contributed by atoms with Gasteiger partial charge in [-0.25, -0.2) is 9.78 Å². The Morgan fingerprint density at radius 3 is 2.70 bits per heavy atom. The van der Waals surface area contributed by atoms with Crippen LogP contribution in [0.2, 0.25) is 0 Å². The molecule has 0 fully saturated rings. The largest absolute Gasteiger partial charge is 0.331 e. The number of rotatable bonds is 5. The quantitative estimate of drug-likeness (QED) is 0.913. The molecule has 0 saturated carbocycles. The molecule has 1 aromatic carbocycles. The fourth-order valence-electron chi connectivity index (χ4n) is 2.08. The van der Waals surface area contributed by atoms with Crippen molar-refractivity contribution in [2.45, 2.75) is 32.9 Å². The van der Waals surface area contributed by atoms with Crippen molar-refractivity contribution in [3.63, 3.8) is 0 Å². The van der Waals surface area contributed by atoms with Gasteiger partial charge in [-0.05, 0) is 31.0 Å². The van der Waals surface area contributed by atoms with Gasteiger partial charge in [-0.2, -0.15) is 5.26 Å². The van der Waals surface area contributed by atoms with Crippen LogP contribution in [0.3, 0.4) is 0 Å². The molecule has 6 heteroatoms. The molecule has 1 unspecified atom stereocenters. The summed E-state index contributed by atoms with van der Waals surface area (Å²) >= 11 is 1.63. The topological polar surface area (TPSA) is 69.0 Å². The lowest BCUT2D eigenvalue weighted by atomic mass is 10.1. The van der Waals surface area contributed by atoms with E-state index in [2.05, 4.69) is 23.3 Å². The summed E-state index contributed by atoms with van der Waals surface area (Å²) in [7, 11) is 1.76. The molecule has 1 aromatic heterocycles. The van der Waals surface area contributed by atoms with Crippen molar-refractivity contribution in [2.75, 3.05) is 7.05 Å². The third kappa shape index (κ3) is 4.54. The van der Waals surface area contributed by atoms with E-state index in [9.17, 15) is 4.79 Å². The van der Waals surface area contributed by atoms with E-state index in [1.165, 1.54) is 4.88 Å². The van der Waals surface area contributed by atoms with Gasteiger partial charge in [0.05, 0.1) is 24.2 Å². The zero-order valence-corrected chi connectivity index (χ0v) is 14.4. The maximum atomic E-state index is 12.3. The third-order valence-corrected chi connectivity index (χ3v) is 4.68. The minimum atomic E-state index is -0.143. The fraction of sp³-hybridized carbons (Fsp3) is 0.353. The van der Waals surface area contributed by atoms with E-state index < -0.39 is 0 Å². The van der Waals surface area contributed by atoms with Gasteiger partial charge in [0, 0.05) is 18.1 Å². The zero-order valence-electron chi connectivity index (χ0n) is 13.5. The van der Waals surface area contributed by atoms with Crippen LogP contribution in [0, 0.1) is 11.3 Å². The number of nitrogens with one attached hydrogen (secondary N) is 1. The molecule has 2 amide bonds. The number of amides is 2. The summed E-state index contributed by atoms with van der Waals surface area (Å²) in [5.41, 5.74) is 1.58. The Kier molecular flexibility index (Phi) is 5.72. The Morgan fingerprint density at radius 2 is 2.13 bits per heavy atom. The zero-order chi connectivity index (χ0) is 16.8. The average Bonchev–Trinajstić information content (AvgIpc) is 3.02. The lowest BCUT2D eigenvalue weighted by molar-refractivity contribution is 0.203. The van der Waals surface area contributed by atoms with E-state index in [4.69, 9.17) is 5.26 Å². The Morgan fingerprint density at radius 1 is 1.43 bits per heavy atom. The van der Waals surface area contributed by atoms with Gasteiger partial charge in [0.1, 0.15) is 5.01 Å². The van der Waals surface area contributed by atoms with Crippen molar-refractivity contribution in [3.05, 3.63) is 51.5 Å². The molecular weight excluding hydrogens is 308 g/mol. The van der Waals surface area contributed by atoms with E-state index in [-0.39, 0.29) is 12.1 Å². The first kappa shape index (κ1) is 17.0. The minimum Gasteiger partial charge on any atom is -0.331 e. The van der Waals surface area contributed by atoms with E-state index in [1.54, 1.807) is 35.4 Å². The molecule has 23 heavy (non-hydrogen) atoms. The van der Waals surface area contributed by atoms with Crippen molar-refractivity contribution in [1.29, 1.82) is 5.26 Å². The van der Waals surface area contributed by atoms with Crippen LogP contribution < -0.4 is 5.32 Å². The van der Waals surface area contributed by atoms with Gasteiger partial charge in [0.2, 0.25) is 0 Å². The predicted octanol–water partition coefficient (Wildman–Crippen LogP) is 3.48. The molecule has 1 atom stereocenters. The van der Waals surface area contributed by atoms with Crippen LogP contribution in [0.1, 0.15) is 40.9 Å². The highest BCUT2D eigenvalue weighted by Gasteiger charge is 2.15. The standard InChI is InChI=1S/C17H20N4OS/c1-4-15-10-19-16(23-15)11-21(3)17(22)20-12(2)14-7-5-13(9-18)6-8-14/h5-8,10,12H,4,11H2,1-3H3,(H,20,22). The number of carbonyl (C=O) groups excluding carboxylic acids is 1. The Balaban J connectivity index is 1.92. The third-order valence-electron chi connectivity index (χ3n) is 3.55. The highest BCUT2D eigenvalue weighted by atomic mass is 32.1.